The number of ether oxygens (including phenoxy) is 3. The van der Waals surface area contributed by atoms with Crippen LogP contribution in [0.2, 0.25) is 0 Å². The predicted octanol–water partition coefficient (Wildman–Crippen LogP) is 15.2. The Hall–Kier alpha value is -2.11. The molecule has 0 fully saturated rings. The van der Waals surface area contributed by atoms with Gasteiger partial charge >= 0.3 is 17.9 Å². The van der Waals surface area contributed by atoms with Gasteiger partial charge in [0.2, 0.25) is 0 Å². The van der Waals surface area contributed by atoms with Crippen LogP contribution in [0.3, 0.4) is 0 Å². The molecule has 0 heterocycles. The third-order valence-corrected chi connectivity index (χ3v) is 10.5. The monoisotopic (exact) mass is 775 g/mol. The molecule has 0 aliphatic carbocycles. The van der Waals surface area contributed by atoms with Crippen molar-refractivity contribution in [1.82, 2.24) is 0 Å². The Labute approximate surface area is 341 Å². The topological polar surface area (TPSA) is 78.9 Å². The summed E-state index contributed by atoms with van der Waals surface area (Å²) >= 11 is 0. The van der Waals surface area contributed by atoms with E-state index in [1.807, 2.05) is 0 Å². The van der Waals surface area contributed by atoms with Gasteiger partial charge in [0.25, 0.3) is 0 Å². The van der Waals surface area contributed by atoms with Gasteiger partial charge in [-0.3, -0.25) is 14.4 Å². The third kappa shape index (κ3) is 42.9. The second-order valence-electron chi connectivity index (χ2n) is 16.0. The van der Waals surface area contributed by atoms with Crippen molar-refractivity contribution in [3.63, 3.8) is 0 Å². The molecule has 0 saturated carbocycles. The second kappa shape index (κ2) is 44.6. The van der Waals surface area contributed by atoms with Crippen molar-refractivity contribution in [3.8, 4) is 0 Å². The highest BCUT2D eigenvalue weighted by Crippen LogP contribution is 2.15. The molecule has 0 aromatic heterocycles. The van der Waals surface area contributed by atoms with E-state index in [1.165, 1.54) is 141 Å². The molecule has 0 radical (unpaired) electrons. The van der Waals surface area contributed by atoms with E-state index >= 15 is 0 Å². The molecule has 0 aliphatic heterocycles. The van der Waals surface area contributed by atoms with Crippen molar-refractivity contribution in [2.45, 2.75) is 258 Å². The molecule has 55 heavy (non-hydrogen) atoms. The molecular weight excluding hydrogens is 685 g/mol. The van der Waals surface area contributed by atoms with Crippen LogP contribution in [0.15, 0.2) is 24.3 Å². The summed E-state index contributed by atoms with van der Waals surface area (Å²) in [5.74, 6) is -0.875. The average molecular weight is 775 g/mol. The van der Waals surface area contributed by atoms with Crippen molar-refractivity contribution in [1.29, 1.82) is 0 Å². The number of carbonyl (C=O) groups excluding carboxylic acids is 3. The summed E-state index contributed by atoms with van der Waals surface area (Å²) in [6.07, 6.45) is 48.7. The van der Waals surface area contributed by atoms with Crippen LogP contribution >= 0.6 is 0 Å². The number of hydrogen-bond acceptors (Lipinski definition) is 6. The van der Waals surface area contributed by atoms with E-state index < -0.39 is 6.10 Å². The van der Waals surface area contributed by atoms with Crippen molar-refractivity contribution in [3.05, 3.63) is 24.3 Å². The minimum absolute atomic E-state index is 0.0702. The Kier molecular flexibility index (Phi) is 42.9. The molecule has 0 spiro atoms. The van der Waals surface area contributed by atoms with Gasteiger partial charge in [-0.1, -0.05) is 206 Å². The summed E-state index contributed by atoms with van der Waals surface area (Å²) in [6.45, 7) is 6.58. The predicted molar refractivity (Wildman–Crippen MR) is 233 cm³/mol. The summed E-state index contributed by atoms with van der Waals surface area (Å²) in [7, 11) is 0. The number of rotatable bonds is 43. The van der Waals surface area contributed by atoms with E-state index in [0.717, 1.165) is 70.6 Å². The molecule has 6 heteroatoms. The fourth-order valence-corrected chi connectivity index (χ4v) is 6.82. The zero-order valence-electron chi connectivity index (χ0n) is 36.7. The first-order chi connectivity index (χ1) is 27.0. The van der Waals surface area contributed by atoms with Crippen molar-refractivity contribution in [2.24, 2.45) is 0 Å². The number of hydrogen-bond donors (Lipinski definition) is 0. The molecular formula is C49H90O6. The maximum absolute atomic E-state index is 12.7. The Morgan fingerprint density at radius 2 is 0.655 bits per heavy atom. The fourth-order valence-electron chi connectivity index (χ4n) is 6.82. The number of esters is 3. The van der Waals surface area contributed by atoms with Gasteiger partial charge in [0.15, 0.2) is 6.10 Å². The van der Waals surface area contributed by atoms with Crippen molar-refractivity contribution >= 4 is 17.9 Å². The molecule has 0 saturated heterocycles. The summed E-state index contributed by atoms with van der Waals surface area (Å²) in [5, 5.41) is 0. The van der Waals surface area contributed by atoms with E-state index in [2.05, 4.69) is 45.1 Å². The zero-order valence-corrected chi connectivity index (χ0v) is 36.7. The highest BCUT2D eigenvalue weighted by molar-refractivity contribution is 5.71. The van der Waals surface area contributed by atoms with Crippen LogP contribution in [0.25, 0.3) is 0 Å². The van der Waals surface area contributed by atoms with Crippen LogP contribution in [0.4, 0.5) is 0 Å². The van der Waals surface area contributed by atoms with Crippen molar-refractivity contribution < 1.29 is 28.6 Å². The number of allylic oxidation sites excluding steroid dienone is 4. The zero-order chi connectivity index (χ0) is 40.1. The lowest BCUT2D eigenvalue weighted by atomic mass is 10.0. The minimum Gasteiger partial charge on any atom is -0.462 e. The molecule has 0 aromatic carbocycles. The van der Waals surface area contributed by atoms with Gasteiger partial charge in [-0.25, -0.2) is 0 Å². The van der Waals surface area contributed by atoms with Gasteiger partial charge in [-0.05, 0) is 51.4 Å². The number of unbranched alkanes of at least 4 members (excludes halogenated alkanes) is 28. The highest BCUT2D eigenvalue weighted by Gasteiger charge is 2.19. The second-order valence-corrected chi connectivity index (χ2v) is 16.0. The van der Waals surface area contributed by atoms with Gasteiger partial charge in [0, 0.05) is 19.3 Å². The maximum atomic E-state index is 12.7. The van der Waals surface area contributed by atoms with E-state index in [-0.39, 0.29) is 31.1 Å². The normalized spacial score (nSPS) is 12.1. The lowest BCUT2D eigenvalue weighted by Gasteiger charge is -2.18. The van der Waals surface area contributed by atoms with Crippen LogP contribution in [0.5, 0.6) is 0 Å². The molecule has 0 rings (SSSR count). The van der Waals surface area contributed by atoms with Gasteiger partial charge in [0.1, 0.15) is 13.2 Å². The molecule has 1 atom stereocenters. The maximum Gasteiger partial charge on any atom is 0.306 e. The largest absolute Gasteiger partial charge is 0.462 e. The lowest BCUT2D eigenvalue weighted by Crippen LogP contribution is -2.30. The highest BCUT2D eigenvalue weighted by atomic mass is 16.6. The summed E-state index contributed by atoms with van der Waals surface area (Å²) in [4.78, 5) is 37.7. The first-order valence-electron chi connectivity index (χ1n) is 23.8. The van der Waals surface area contributed by atoms with E-state index in [0.29, 0.717) is 19.3 Å². The number of carbonyl (C=O) groups is 3. The molecule has 0 aliphatic rings. The van der Waals surface area contributed by atoms with Gasteiger partial charge in [-0.15, -0.1) is 0 Å². The molecule has 0 aromatic rings. The van der Waals surface area contributed by atoms with Crippen molar-refractivity contribution in [2.75, 3.05) is 13.2 Å². The van der Waals surface area contributed by atoms with Gasteiger partial charge in [0.05, 0.1) is 0 Å². The smallest absolute Gasteiger partial charge is 0.306 e. The SMILES string of the molecule is CCCCC/C=C\C/C=C\CCCCCCCCCC(=O)OCC(COC(=O)CCCCCCCCCC)OC(=O)CCCCCCCCCCCCCC. The standard InChI is InChI=1S/C49H90O6/c1-4-7-10-13-16-19-21-23-24-25-26-27-29-30-33-36-39-42-48(51)54-45-46(44-53-47(50)41-38-35-32-18-15-12-9-6-3)55-49(52)43-40-37-34-31-28-22-20-17-14-11-8-5-2/h16,19,23-24,46H,4-15,17-18,20-22,25-45H2,1-3H3/b19-16-,24-23-. The van der Waals surface area contributed by atoms with E-state index in [9.17, 15) is 14.4 Å². The third-order valence-electron chi connectivity index (χ3n) is 10.5. The molecule has 322 valence electrons. The summed E-state index contributed by atoms with van der Waals surface area (Å²) in [6, 6.07) is 0. The summed E-state index contributed by atoms with van der Waals surface area (Å²) in [5.41, 5.74) is 0. The Morgan fingerprint density at radius 1 is 0.364 bits per heavy atom. The van der Waals surface area contributed by atoms with Crippen LogP contribution < -0.4 is 0 Å². The first-order valence-corrected chi connectivity index (χ1v) is 23.8. The van der Waals surface area contributed by atoms with Crippen LogP contribution in [0.1, 0.15) is 252 Å². The van der Waals surface area contributed by atoms with Crippen LogP contribution in [-0.2, 0) is 28.6 Å². The summed E-state index contributed by atoms with van der Waals surface area (Å²) < 4.78 is 16.7. The molecule has 0 amide bonds. The molecule has 6 nitrogen and oxygen atoms in total. The minimum atomic E-state index is -0.766. The lowest BCUT2D eigenvalue weighted by molar-refractivity contribution is -0.167. The van der Waals surface area contributed by atoms with E-state index in [4.69, 9.17) is 14.2 Å². The molecule has 0 bridgehead atoms. The average Bonchev–Trinajstić information content (AvgIpc) is 3.18. The fraction of sp³-hybridized carbons (Fsp3) is 0.857. The molecule has 1 unspecified atom stereocenters. The van der Waals surface area contributed by atoms with Crippen LogP contribution in [-0.4, -0.2) is 37.2 Å². The Bertz CT molecular complexity index is 896. The molecule has 0 N–H and O–H groups in total. The van der Waals surface area contributed by atoms with Gasteiger partial charge in [-0.2, -0.15) is 0 Å². The Balaban J connectivity index is 4.28. The quantitative estimate of drug-likeness (QED) is 0.0266. The first kappa shape index (κ1) is 52.9. The Morgan fingerprint density at radius 3 is 1.04 bits per heavy atom. The van der Waals surface area contributed by atoms with Crippen LogP contribution in [0, 0.1) is 0 Å². The van der Waals surface area contributed by atoms with Gasteiger partial charge < -0.3 is 14.2 Å². The van der Waals surface area contributed by atoms with E-state index in [1.54, 1.807) is 0 Å².